The van der Waals surface area contributed by atoms with E-state index in [1.54, 1.807) is 0 Å². The lowest BCUT2D eigenvalue weighted by Crippen LogP contribution is -1.83. The van der Waals surface area contributed by atoms with Gasteiger partial charge >= 0.3 is 0 Å². The number of imidazole rings is 1. The van der Waals surface area contributed by atoms with E-state index in [2.05, 4.69) is 22.8 Å². The first-order valence-electron chi connectivity index (χ1n) is 4.40. The number of nitrogens with zero attached hydrogens (tertiary/aromatic N) is 1. The van der Waals surface area contributed by atoms with Crippen molar-refractivity contribution >= 4 is 0 Å². The first-order chi connectivity index (χ1) is 5.85. The van der Waals surface area contributed by atoms with Gasteiger partial charge in [-0.1, -0.05) is 12.8 Å². The van der Waals surface area contributed by atoms with Gasteiger partial charge in [0.1, 0.15) is 11.5 Å². The van der Waals surface area contributed by atoms with Gasteiger partial charge in [0.05, 0.1) is 5.69 Å². The van der Waals surface area contributed by atoms with Gasteiger partial charge in [-0.15, -0.1) is 6.42 Å². The Morgan fingerprint density at radius 3 is 2.83 bits per heavy atom. The summed E-state index contributed by atoms with van der Waals surface area (Å²) >= 11 is 0. The molecule has 0 spiro atoms. The summed E-state index contributed by atoms with van der Waals surface area (Å²) in [7, 11) is 0. The fraction of sp³-hybridized carbons (Fsp3) is 0.500. The summed E-state index contributed by atoms with van der Waals surface area (Å²) in [5, 5.41) is 0. The molecule has 0 aliphatic heterocycles. The minimum absolute atomic E-state index is 0.664. The van der Waals surface area contributed by atoms with Crippen molar-refractivity contribution < 1.29 is 0 Å². The summed E-state index contributed by atoms with van der Waals surface area (Å²) in [6.45, 7) is 2.08. The Morgan fingerprint density at radius 1 is 1.67 bits per heavy atom. The largest absolute Gasteiger partial charge is 0.335 e. The molecule has 0 unspecified atom stereocenters. The lowest BCUT2D eigenvalue weighted by atomic mass is 10.3. The number of H-pyrrole nitrogens is 1. The van der Waals surface area contributed by atoms with Gasteiger partial charge in [0.25, 0.3) is 0 Å². The molecule has 0 radical (unpaired) electrons. The molecule has 1 saturated carbocycles. The maximum absolute atomic E-state index is 5.34. The molecule has 1 heterocycles. The summed E-state index contributed by atoms with van der Waals surface area (Å²) in [4.78, 5) is 7.66. The van der Waals surface area contributed by atoms with Crippen LogP contribution in [0.25, 0.3) is 0 Å². The van der Waals surface area contributed by atoms with E-state index in [4.69, 9.17) is 6.42 Å². The standard InChI is InChI=1S/C10H12N2/c1-3-8-9(4-2)12-10(11-8)7-5-6-7/h1,7H,4-6H2,2H3,(H,11,12). The second kappa shape index (κ2) is 2.67. The highest BCUT2D eigenvalue weighted by atomic mass is 14.9. The fourth-order valence-electron chi connectivity index (χ4n) is 1.35. The number of rotatable bonds is 2. The molecule has 1 aromatic heterocycles. The van der Waals surface area contributed by atoms with Crippen LogP contribution >= 0.6 is 0 Å². The van der Waals surface area contributed by atoms with E-state index in [0.29, 0.717) is 5.92 Å². The first-order valence-corrected chi connectivity index (χ1v) is 4.40. The van der Waals surface area contributed by atoms with E-state index < -0.39 is 0 Å². The van der Waals surface area contributed by atoms with Crippen molar-refractivity contribution in [3.8, 4) is 12.3 Å². The smallest absolute Gasteiger partial charge is 0.112 e. The summed E-state index contributed by atoms with van der Waals surface area (Å²) in [6, 6.07) is 0. The van der Waals surface area contributed by atoms with Crippen LogP contribution in [0.2, 0.25) is 0 Å². The molecule has 1 aliphatic rings. The molecule has 2 rings (SSSR count). The van der Waals surface area contributed by atoms with Crippen molar-refractivity contribution in [3.05, 3.63) is 17.2 Å². The molecule has 0 saturated heterocycles. The van der Waals surface area contributed by atoms with Crippen LogP contribution in [0, 0.1) is 12.3 Å². The highest BCUT2D eigenvalue weighted by molar-refractivity contribution is 5.32. The van der Waals surface area contributed by atoms with Gasteiger partial charge in [0.2, 0.25) is 0 Å². The predicted octanol–water partition coefficient (Wildman–Crippen LogP) is 1.83. The Hall–Kier alpha value is -1.23. The zero-order valence-electron chi connectivity index (χ0n) is 7.22. The van der Waals surface area contributed by atoms with Gasteiger partial charge in [-0.25, -0.2) is 4.98 Å². The third-order valence-corrected chi connectivity index (χ3v) is 2.24. The summed E-state index contributed by atoms with van der Waals surface area (Å²) in [5.41, 5.74) is 1.92. The van der Waals surface area contributed by atoms with Gasteiger partial charge < -0.3 is 4.98 Å². The zero-order chi connectivity index (χ0) is 8.55. The van der Waals surface area contributed by atoms with Crippen LogP contribution in [0.5, 0.6) is 0 Å². The molecule has 0 amide bonds. The van der Waals surface area contributed by atoms with Gasteiger partial charge in [-0.05, 0) is 19.3 Å². The topological polar surface area (TPSA) is 28.7 Å². The predicted molar refractivity (Wildman–Crippen MR) is 47.9 cm³/mol. The second-order valence-electron chi connectivity index (χ2n) is 3.22. The van der Waals surface area contributed by atoms with E-state index in [9.17, 15) is 0 Å². The number of hydrogen-bond donors (Lipinski definition) is 1. The minimum atomic E-state index is 0.664. The summed E-state index contributed by atoms with van der Waals surface area (Å²) < 4.78 is 0. The number of aromatic nitrogens is 2. The van der Waals surface area contributed by atoms with Crippen LogP contribution in [0.3, 0.4) is 0 Å². The molecule has 1 N–H and O–H groups in total. The molecule has 2 heteroatoms. The molecule has 1 aromatic rings. The van der Waals surface area contributed by atoms with Crippen LogP contribution in [0.1, 0.15) is 42.9 Å². The van der Waals surface area contributed by atoms with Crippen molar-refractivity contribution in [3.63, 3.8) is 0 Å². The van der Waals surface area contributed by atoms with Gasteiger partial charge in [-0.3, -0.25) is 0 Å². The van der Waals surface area contributed by atoms with Gasteiger partial charge in [0.15, 0.2) is 0 Å². The Labute approximate surface area is 72.4 Å². The summed E-state index contributed by atoms with van der Waals surface area (Å²) in [5.74, 6) is 4.39. The number of nitrogens with one attached hydrogen (secondary N) is 1. The lowest BCUT2D eigenvalue weighted by Gasteiger charge is -1.85. The molecule has 62 valence electrons. The Balaban J connectivity index is 2.35. The molecule has 0 bridgehead atoms. The van der Waals surface area contributed by atoms with Crippen LogP contribution < -0.4 is 0 Å². The van der Waals surface area contributed by atoms with Crippen LogP contribution in [-0.2, 0) is 6.42 Å². The Morgan fingerprint density at radius 2 is 2.42 bits per heavy atom. The van der Waals surface area contributed by atoms with Crippen molar-refractivity contribution in [2.75, 3.05) is 0 Å². The average Bonchev–Trinajstić information content (AvgIpc) is 2.85. The van der Waals surface area contributed by atoms with Crippen molar-refractivity contribution in [2.45, 2.75) is 32.1 Å². The van der Waals surface area contributed by atoms with E-state index in [1.807, 2.05) is 0 Å². The van der Waals surface area contributed by atoms with Gasteiger partial charge in [0, 0.05) is 5.92 Å². The molecular formula is C10H12N2. The molecule has 1 fully saturated rings. The third-order valence-electron chi connectivity index (χ3n) is 2.24. The van der Waals surface area contributed by atoms with Gasteiger partial charge in [-0.2, -0.15) is 0 Å². The molecule has 0 aromatic carbocycles. The van der Waals surface area contributed by atoms with E-state index in [0.717, 1.165) is 23.6 Å². The highest BCUT2D eigenvalue weighted by Crippen LogP contribution is 2.38. The molecule has 1 aliphatic carbocycles. The normalized spacial score (nSPS) is 16.0. The fourth-order valence-corrected chi connectivity index (χ4v) is 1.35. The van der Waals surface area contributed by atoms with Crippen molar-refractivity contribution in [2.24, 2.45) is 0 Å². The zero-order valence-corrected chi connectivity index (χ0v) is 7.22. The number of hydrogen-bond acceptors (Lipinski definition) is 1. The maximum Gasteiger partial charge on any atom is 0.112 e. The monoisotopic (exact) mass is 160 g/mol. The van der Waals surface area contributed by atoms with E-state index in [-0.39, 0.29) is 0 Å². The first kappa shape index (κ1) is 7.42. The molecule has 12 heavy (non-hydrogen) atoms. The average molecular weight is 160 g/mol. The Bertz CT molecular complexity index is 326. The van der Waals surface area contributed by atoms with E-state index >= 15 is 0 Å². The van der Waals surface area contributed by atoms with E-state index in [1.165, 1.54) is 12.8 Å². The number of aromatic amines is 1. The second-order valence-corrected chi connectivity index (χ2v) is 3.22. The highest BCUT2D eigenvalue weighted by Gasteiger charge is 2.27. The number of aryl methyl sites for hydroxylation is 1. The van der Waals surface area contributed by atoms with Crippen LogP contribution in [0.4, 0.5) is 0 Å². The molecular weight excluding hydrogens is 148 g/mol. The quantitative estimate of drug-likeness (QED) is 0.657. The number of terminal acetylenes is 1. The molecule has 2 nitrogen and oxygen atoms in total. The summed E-state index contributed by atoms with van der Waals surface area (Å²) in [6.07, 6.45) is 8.79. The molecule has 0 atom stereocenters. The van der Waals surface area contributed by atoms with Crippen LogP contribution in [0.15, 0.2) is 0 Å². The van der Waals surface area contributed by atoms with Crippen LogP contribution in [-0.4, -0.2) is 9.97 Å². The van der Waals surface area contributed by atoms with Crippen molar-refractivity contribution in [1.82, 2.24) is 9.97 Å². The SMILES string of the molecule is C#Cc1[nH]c(C2CC2)nc1CC. The minimum Gasteiger partial charge on any atom is -0.335 e. The lowest BCUT2D eigenvalue weighted by molar-refractivity contribution is 0.951. The maximum atomic E-state index is 5.34. The van der Waals surface area contributed by atoms with Crippen molar-refractivity contribution in [1.29, 1.82) is 0 Å². The third kappa shape index (κ3) is 1.12. The Kier molecular flexibility index (Phi) is 1.65.